The van der Waals surface area contributed by atoms with Gasteiger partial charge in [-0.2, -0.15) is 0 Å². The van der Waals surface area contributed by atoms with Crippen molar-refractivity contribution >= 4 is 26.8 Å². The first-order valence-corrected chi connectivity index (χ1v) is 7.00. The van der Waals surface area contributed by atoms with Crippen LogP contribution in [0, 0.1) is 5.82 Å². The summed E-state index contributed by atoms with van der Waals surface area (Å²) in [5.41, 5.74) is 1.03. The highest BCUT2D eigenvalue weighted by molar-refractivity contribution is 9.10. The molecule has 0 aliphatic heterocycles. The fourth-order valence-corrected chi connectivity index (χ4v) is 3.19. The van der Waals surface area contributed by atoms with Gasteiger partial charge in [-0.3, -0.25) is 0 Å². The molecule has 1 nitrogen and oxygen atoms in total. The standard InChI is InChI=1S/C14H15BrFN/c15-12-8-10-6-7-17(14(10)9-13(12)16)11-4-2-1-3-5-11/h6-9,11H,1-5H2. The molecule has 3 heteroatoms. The van der Waals surface area contributed by atoms with E-state index in [0.717, 1.165) is 10.9 Å². The highest BCUT2D eigenvalue weighted by Crippen LogP contribution is 2.33. The largest absolute Gasteiger partial charge is 0.344 e. The van der Waals surface area contributed by atoms with Gasteiger partial charge in [0, 0.05) is 17.6 Å². The molecule has 0 bridgehead atoms. The summed E-state index contributed by atoms with van der Waals surface area (Å²) in [4.78, 5) is 0. The SMILES string of the molecule is Fc1cc2c(ccn2C2CCCCC2)cc1Br. The Morgan fingerprint density at radius 3 is 2.71 bits per heavy atom. The number of halogens is 2. The van der Waals surface area contributed by atoms with Crippen LogP contribution in [0.4, 0.5) is 4.39 Å². The van der Waals surface area contributed by atoms with Gasteiger partial charge < -0.3 is 4.57 Å². The number of benzene rings is 1. The van der Waals surface area contributed by atoms with E-state index >= 15 is 0 Å². The van der Waals surface area contributed by atoms with Crippen molar-refractivity contribution < 1.29 is 4.39 Å². The lowest BCUT2D eigenvalue weighted by Gasteiger charge is -2.24. The van der Waals surface area contributed by atoms with E-state index in [1.165, 1.54) is 32.1 Å². The third-order valence-electron chi connectivity index (χ3n) is 3.73. The predicted molar refractivity (Wildman–Crippen MR) is 71.7 cm³/mol. The maximum Gasteiger partial charge on any atom is 0.139 e. The molecule has 1 fully saturated rings. The number of aromatic nitrogens is 1. The van der Waals surface area contributed by atoms with Crippen LogP contribution in [0.25, 0.3) is 10.9 Å². The zero-order valence-electron chi connectivity index (χ0n) is 9.63. The van der Waals surface area contributed by atoms with Crippen molar-refractivity contribution in [3.05, 3.63) is 34.7 Å². The van der Waals surface area contributed by atoms with Gasteiger partial charge in [0.1, 0.15) is 5.82 Å². The molecule has 0 unspecified atom stereocenters. The van der Waals surface area contributed by atoms with Gasteiger partial charge in [0.25, 0.3) is 0 Å². The van der Waals surface area contributed by atoms with E-state index < -0.39 is 0 Å². The Morgan fingerprint density at radius 2 is 1.94 bits per heavy atom. The smallest absolute Gasteiger partial charge is 0.139 e. The molecular formula is C14H15BrFN. The summed E-state index contributed by atoms with van der Waals surface area (Å²) >= 11 is 3.24. The summed E-state index contributed by atoms with van der Waals surface area (Å²) in [6, 6.07) is 6.15. The number of rotatable bonds is 1. The Bertz CT molecular complexity index is 540. The number of hydrogen-bond donors (Lipinski definition) is 0. The van der Waals surface area contributed by atoms with Crippen LogP contribution in [0.2, 0.25) is 0 Å². The maximum atomic E-state index is 13.6. The van der Waals surface area contributed by atoms with Gasteiger partial charge in [0.05, 0.1) is 9.99 Å². The Morgan fingerprint density at radius 1 is 1.18 bits per heavy atom. The maximum absolute atomic E-state index is 13.6. The number of hydrogen-bond acceptors (Lipinski definition) is 0. The molecule has 0 saturated heterocycles. The quantitative estimate of drug-likeness (QED) is 0.694. The summed E-state index contributed by atoms with van der Waals surface area (Å²) in [5.74, 6) is -0.173. The first-order valence-electron chi connectivity index (χ1n) is 6.21. The van der Waals surface area contributed by atoms with Gasteiger partial charge in [-0.25, -0.2) is 4.39 Å². The zero-order valence-corrected chi connectivity index (χ0v) is 11.2. The van der Waals surface area contributed by atoms with Crippen molar-refractivity contribution in [1.29, 1.82) is 0 Å². The van der Waals surface area contributed by atoms with E-state index in [1.54, 1.807) is 6.07 Å². The molecule has 3 rings (SSSR count). The summed E-state index contributed by atoms with van der Waals surface area (Å²) < 4.78 is 16.4. The Kier molecular flexibility index (Phi) is 2.95. The summed E-state index contributed by atoms with van der Waals surface area (Å²) in [5, 5.41) is 1.11. The molecule has 90 valence electrons. The van der Waals surface area contributed by atoms with Gasteiger partial charge in [0.2, 0.25) is 0 Å². The zero-order chi connectivity index (χ0) is 11.8. The molecule has 0 amide bonds. The van der Waals surface area contributed by atoms with Gasteiger partial charge in [0.15, 0.2) is 0 Å². The summed E-state index contributed by atoms with van der Waals surface area (Å²) in [7, 11) is 0. The van der Waals surface area contributed by atoms with Crippen molar-refractivity contribution in [2.45, 2.75) is 38.1 Å². The van der Waals surface area contributed by atoms with Crippen molar-refractivity contribution in [3.8, 4) is 0 Å². The molecule has 1 aromatic heterocycles. The highest BCUT2D eigenvalue weighted by Gasteiger charge is 2.17. The Balaban J connectivity index is 2.07. The van der Waals surface area contributed by atoms with Crippen LogP contribution in [-0.4, -0.2) is 4.57 Å². The molecule has 1 heterocycles. The minimum Gasteiger partial charge on any atom is -0.344 e. The van der Waals surface area contributed by atoms with Crippen molar-refractivity contribution in [2.24, 2.45) is 0 Å². The lowest BCUT2D eigenvalue weighted by molar-refractivity contribution is 0.360. The Labute approximate surface area is 109 Å². The monoisotopic (exact) mass is 295 g/mol. The molecule has 0 atom stereocenters. The fourth-order valence-electron chi connectivity index (χ4n) is 2.83. The van der Waals surface area contributed by atoms with Crippen LogP contribution in [-0.2, 0) is 0 Å². The normalized spacial score (nSPS) is 17.8. The van der Waals surface area contributed by atoms with Crippen molar-refractivity contribution in [3.63, 3.8) is 0 Å². The van der Waals surface area contributed by atoms with Crippen molar-refractivity contribution in [1.82, 2.24) is 4.57 Å². The minimum atomic E-state index is -0.173. The van der Waals surface area contributed by atoms with Crippen LogP contribution in [0.1, 0.15) is 38.1 Å². The fraction of sp³-hybridized carbons (Fsp3) is 0.429. The van der Waals surface area contributed by atoms with Crippen LogP contribution < -0.4 is 0 Å². The molecule has 17 heavy (non-hydrogen) atoms. The molecule has 1 aliphatic carbocycles. The topological polar surface area (TPSA) is 4.93 Å². The highest BCUT2D eigenvalue weighted by atomic mass is 79.9. The third-order valence-corrected chi connectivity index (χ3v) is 4.34. The number of nitrogens with zero attached hydrogens (tertiary/aromatic N) is 1. The second-order valence-electron chi connectivity index (χ2n) is 4.84. The third kappa shape index (κ3) is 2.01. The molecule has 0 radical (unpaired) electrons. The molecule has 1 aliphatic rings. The van der Waals surface area contributed by atoms with E-state index in [4.69, 9.17) is 0 Å². The summed E-state index contributed by atoms with van der Waals surface area (Å²) in [6.07, 6.45) is 8.48. The summed E-state index contributed by atoms with van der Waals surface area (Å²) in [6.45, 7) is 0. The molecule has 0 N–H and O–H groups in total. The predicted octanol–water partition coefficient (Wildman–Crippen LogP) is 5.05. The minimum absolute atomic E-state index is 0.173. The van der Waals surface area contributed by atoms with Crippen molar-refractivity contribution in [2.75, 3.05) is 0 Å². The second kappa shape index (κ2) is 4.45. The average Bonchev–Trinajstić information content (AvgIpc) is 2.74. The van der Waals surface area contributed by atoms with E-state index in [1.807, 2.05) is 6.07 Å². The first kappa shape index (κ1) is 11.3. The van der Waals surface area contributed by atoms with Gasteiger partial charge in [-0.05, 0) is 47.0 Å². The Hall–Kier alpha value is -0.830. The molecule has 1 aromatic carbocycles. The second-order valence-corrected chi connectivity index (χ2v) is 5.69. The van der Waals surface area contributed by atoms with E-state index in [9.17, 15) is 4.39 Å². The lowest BCUT2D eigenvalue weighted by Crippen LogP contribution is -2.11. The van der Waals surface area contributed by atoms with Gasteiger partial charge in [-0.1, -0.05) is 19.3 Å². The van der Waals surface area contributed by atoms with Crippen LogP contribution in [0.3, 0.4) is 0 Å². The van der Waals surface area contributed by atoms with Crippen LogP contribution >= 0.6 is 15.9 Å². The van der Waals surface area contributed by atoms with E-state index in [-0.39, 0.29) is 5.82 Å². The lowest BCUT2D eigenvalue weighted by atomic mass is 9.95. The first-order chi connectivity index (χ1) is 8.25. The molecule has 0 spiro atoms. The molecular weight excluding hydrogens is 281 g/mol. The molecule has 1 saturated carbocycles. The van der Waals surface area contributed by atoms with Gasteiger partial charge in [-0.15, -0.1) is 0 Å². The van der Waals surface area contributed by atoms with E-state index in [2.05, 4.69) is 32.8 Å². The average molecular weight is 296 g/mol. The van der Waals surface area contributed by atoms with Crippen LogP contribution in [0.5, 0.6) is 0 Å². The van der Waals surface area contributed by atoms with E-state index in [0.29, 0.717) is 10.5 Å². The van der Waals surface area contributed by atoms with Crippen LogP contribution in [0.15, 0.2) is 28.9 Å². The molecule has 2 aromatic rings. The number of fused-ring (bicyclic) bond motifs is 1. The van der Waals surface area contributed by atoms with Gasteiger partial charge >= 0.3 is 0 Å².